The molecule has 31 heavy (non-hydrogen) atoms. The number of benzene rings is 2. The number of nitrogens with one attached hydrogen (secondary N) is 2. The molecule has 1 aliphatic heterocycles. The molecule has 2 aromatic carbocycles. The van der Waals surface area contributed by atoms with Crippen LogP contribution < -0.4 is 35.3 Å². The molecule has 4 rings (SSSR count). The molecule has 9 heteroatoms. The minimum Gasteiger partial charge on any atom is -0.493 e. The molecule has 0 spiro atoms. The van der Waals surface area contributed by atoms with E-state index in [-0.39, 0.29) is 0 Å². The maximum atomic E-state index is 6.38. The normalized spacial score (nSPS) is 17.5. The van der Waals surface area contributed by atoms with Crippen molar-refractivity contribution in [3.05, 3.63) is 60.9 Å². The van der Waals surface area contributed by atoms with Gasteiger partial charge in [-0.25, -0.2) is 0 Å². The van der Waals surface area contributed by atoms with Crippen molar-refractivity contribution >= 4 is 22.5 Å². The third-order valence-electron chi connectivity index (χ3n) is 4.61. The maximum Gasteiger partial charge on any atom is 0.280 e. The first kappa shape index (κ1) is 20.3. The molecule has 3 aromatic rings. The Morgan fingerprint density at radius 3 is 2.48 bits per heavy atom. The molecule has 9 nitrogen and oxygen atoms in total. The largest absolute Gasteiger partial charge is 0.493 e. The second kappa shape index (κ2) is 8.41. The summed E-state index contributed by atoms with van der Waals surface area (Å²) < 4.78 is 22.1. The molecule has 0 amide bonds. The zero-order chi connectivity index (χ0) is 21.8. The van der Waals surface area contributed by atoms with E-state index in [1.807, 2.05) is 30.3 Å². The summed E-state index contributed by atoms with van der Waals surface area (Å²) in [5, 5.41) is 7.12. The van der Waals surface area contributed by atoms with Gasteiger partial charge in [-0.05, 0) is 24.3 Å². The number of rotatable bonds is 6. The third kappa shape index (κ3) is 4.31. The summed E-state index contributed by atoms with van der Waals surface area (Å²) in [6.07, 6.45) is 5.03. The Bertz CT molecular complexity index is 1140. The van der Waals surface area contributed by atoms with Gasteiger partial charge in [-0.2, -0.15) is 4.99 Å². The molecule has 2 heterocycles. The first-order valence-corrected chi connectivity index (χ1v) is 9.47. The molecule has 0 fully saturated rings. The highest BCUT2D eigenvalue weighted by molar-refractivity contribution is 5.95. The van der Waals surface area contributed by atoms with Crippen LogP contribution in [0.25, 0.3) is 10.9 Å². The van der Waals surface area contributed by atoms with Crippen LogP contribution in [-0.2, 0) is 0 Å². The van der Waals surface area contributed by atoms with Crippen LogP contribution in [0.1, 0.15) is 0 Å². The van der Waals surface area contributed by atoms with Gasteiger partial charge < -0.3 is 29.6 Å². The van der Waals surface area contributed by atoms with E-state index >= 15 is 0 Å². The van der Waals surface area contributed by atoms with Gasteiger partial charge in [0, 0.05) is 41.7 Å². The second-order valence-corrected chi connectivity index (χ2v) is 6.69. The number of anilines is 1. The Morgan fingerprint density at radius 2 is 1.77 bits per heavy atom. The molecular formula is C22H23N5O4. The number of pyridine rings is 1. The third-order valence-corrected chi connectivity index (χ3v) is 4.61. The lowest BCUT2D eigenvalue weighted by Crippen LogP contribution is -2.48. The molecule has 0 radical (unpaired) electrons. The molecule has 0 saturated heterocycles. The Kier molecular flexibility index (Phi) is 5.50. The molecule has 0 saturated carbocycles. The smallest absolute Gasteiger partial charge is 0.280 e. The Balaban J connectivity index is 1.58. The average molecular weight is 421 g/mol. The predicted octanol–water partition coefficient (Wildman–Crippen LogP) is 2.84. The summed E-state index contributed by atoms with van der Waals surface area (Å²) >= 11 is 0. The fourth-order valence-corrected chi connectivity index (χ4v) is 3.20. The van der Waals surface area contributed by atoms with E-state index < -0.39 is 5.85 Å². The lowest BCUT2D eigenvalue weighted by atomic mass is 10.2. The molecule has 1 atom stereocenters. The van der Waals surface area contributed by atoms with Crippen molar-refractivity contribution < 1.29 is 18.9 Å². The first-order chi connectivity index (χ1) is 15.0. The topological polar surface area (TPSA) is 112 Å². The standard InChI is InChI=1S/C22H23N5O4/c1-28-18-12-15(13-19(29-2)20(18)30-3)26-21-25-10-8-22(23,27-21)31-16-6-7-17-14(11-16)5-4-9-24-17/h4-13H,23H2,1-3H3,(H2,25,26,27). The van der Waals surface area contributed by atoms with Gasteiger partial charge in [-0.3, -0.25) is 10.7 Å². The fraction of sp³-hybridized carbons (Fsp3) is 0.182. The second-order valence-electron chi connectivity index (χ2n) is 6.69. The Labute approximate surface area is 179 Å². The van der Waals surface area contributed by atoms with Gasteiger partial charge in [0.2, 0.25) is 11.7 Å². The number of hydrogen-bond donors (Lipinski definition) is 3. The lowest BCUT2D eigenvalue weighted by molar-refractivity contribution is 0.135. The molecule has 1 unspecified atom stereocenters. The van der Waals surface area contributed by atoms with Crippen LogP contribution in [-0.4, -0.2) is 38.1 Å². The lowest BCUT2D eigenvalue weighted by Gasteiger charge is -2.27. The number of methoxy groups -OCH3 is 3. The fourth-order valence-electron chi connectivity index (χ4n) is 3.20. The monoisotopic (exact) mass is 421 g/mol. The average Bonchev–Trinajstić information content (AvgIpc) is 2.78. The van der Waals surface area contributed by atoms with Crippen molar-refractivity contribution in [3.63, 3.8) is 0 Å². The number of guanidine groups is 1. The Morgan fingerprint density at radius 1 is 1.00 bits per heavy atom. The summed E-state index contributed by atoms with van der Waals surface area (Å²) in [7, 11) is 4.66. The molecule has 160 valence electrons. The SMILES string of the molecule is COc1cc(NC2=NC(N)(Oc3ccc4ncccc4c3)C=CN2)cc(OC)c1OC. The van der Waals surface area contributed by atoms with Gasteiger partial charge >= 0.3 is 0 Å². The highest BCUT2D eigenvalue weighted by Crippen LogP contribution is 2.40. The molecule has 4 N–H and O–H groups in total. The number of nitrogens with two attached hydrogens (primary N) is 1. The molecule has 0 bridgehead atoms. The first-order valence-electron chi connectivity index (χ1n) is 9.47. The number of fused-ring (bicyclic) bond motifs is 1. The number of aliphatic imine (C=N–C) groups is 1. The van der Waals surface area contributed by atoms with Gasteiger partial charge in [-0.15, -0.1) is 0 Å². The number of ether oxygens (including phenoxy) is 4. The van der Waals surface area contributed by atoms with E-state index in [1.165, 1.54) is 0 Å². The minimum atomic E-state index is -1.40. The summed E-state index contributed by atoms with van der Waals surface area (Å²) in [5.74, 6) is 1.08. The van der Waals surface area contributed by atoms with Crippen molar-refractivity contribution in [2.24, 2.45) is 10.7 Å². The van der Waals surface area contributed by atoms with E-state index in [1.54, 1.807) is 51.9 Å². The van der Waals surface area contributed by atoms with Gasteiger partial charge in [0.15, 0.2) is 11.5 Å². The zero-order valence-electron chi connectivity index (χ0n) is 17.4. The zero-order valence-corrected chi connectivity index (χ0v) is 17.4. The van der Waals surface area contributed by atoms with Crippen LogP contribution >= 0.6 is 0 Å². The van der Waals surface area contributed by atoms with Crippen molar-refractivity contribution in [3.8, 4) is 23.0 Å². The highest BCUT2D eigenvalue weighted by Gasteiger charge is 2.27. The quantitative estimate of drug-likeness (QED) is 0.521. The van der Waals surface area contributed by atoms with E-state index in [2.05, 4.69) is 20.6 Å². The van der Waals surface area contributed by atoms with Crippen molar-refractivity contribution in [2.75, 3.05) is 26.6 Å². The number of hydrogen-bond acceptors (Lipinski definition) is 9. The van der Waals surface area contributed by atoms with Gasteiger partial charge in [0.1, 0.15) is 5.75 Å². The summed E-state index contributed by atoms with van der Waals surface area (Å²) in [6.45, 7) is 0. The van der Waals surface area contributed by atoms with Crippen molar-refractivity contribution in [1.29, 1.82) is 0 Å². The maximum absolute atomic E-state index is 6.38. The number of nitrogens with zero attached hydrogens (tertiary/aromatic N) is 2. The number of aromatic nitrogens is 1. The van der Waals surface area contributed by atoms with Crippen LogP contribution in [0.15, 0.2) is 65.9 Å². The van der Waals surface area contributed by atoms with E-state index in [0.29, 0.717) is 34.6 Å². The van der Waals surface area contributed by atoms with E-state index in [9.17, 15) is 0 Å². The van der Waals surface area contributed by atoms with Crippen LogP contribution in [0.3, 0.4) is 0 Å². The Hall–Kier alpha value is -3.98. The van der Waals surface area contributed by atoms with Crippen LogP contribution in [0, 0.1) is 0 Å². The van der Waals surface area contributed by atoms with E-state index in [0.717, 1.165) is 10.9 Å². The van der Waals surface area contributed by atoms with Crippen molar-refractivity contribution in [1.82, 2.24) is 10.3 Å². The summed E-state index contributed by atoms with van der Waals surface area (Å²) in [4.78, 5) is 8.78. The summed E-state index contributed by atoms with van der Waals surface area (Å²) in [6, 6.07) is 12.9. The molecule has 1 aliphatic rings. The minimum absolute atomic E-state index is 0.390. The van der Waals surface area contributed by atoms with Gasteiger partial charge in [0.25, 0.3) is 5.85 Å². The van der Waals surface area contributed by atoms with Crippen LogP contribution in [0.5, 0.6) is 23.0 Å². The van der Waals surface area contributed by atoms with E-state index in [4.69, 9.17) is 24.7 Å². The van der Waals surface area contributed by atoms with Gasteiger partial charge in [-0.1, -0.05) is 6.07 Å². The predicted molar refractivity (Wildman–Crippen MR) is 119 cm³/mol. The molecule has 0 aliphatic carbocycles. The van der Waals surface area contributed by atoms with Gasteiger partial charge in [0.05, 0.1) is 26.8 Å². The summed E-state index contributed by atoms with van der Waals surface area (Å²) in [5.41, 5.74) is 7.91. The highest BCUT2D eigenvalue weighted by atomic mass is 16.5. The molecule has 1 aromatic heterocycles. The molecular weight excluding hydrogens is 398 g/mol. The van der Waals surface area contributed by atoms with Crippen LogP contribution in [0.2, 0.25) is 0 Å². The van der Waals surface area contributed by atoms with Crippen molar-refractivity contribution in [2.45, 2.75) is 5.85 Å². The van der Waals surface area contributed by atoms with Crippen LogP contribution in [0.4, 0.5) is 5.69 Å².